The van der Waals surface area contributed by atoms with Gasteiger partial charge in [-0.05, 0) is 30.7 Å². The van der Waals surface area contributed by atoms with Crippen molar-refractivity contribution in [3.8, 4) is 0 Å². The van der Waals surface area contributed by atoms with Gasteiger partial charge in [0.25, 0.3) is 0 Å². The Morgan fingerprint density at radius 1 is 1.27 bits per heavy atom. The molecule has 0 aliphatic carbocycles. The van der Waals surface area contributed by atoms with Crippen molar-refractivity contribution in [2.75, 3.05) is 44.6 Å². The lowest BCUT2D eigenvalue weighted by Gasteiger charge is -2.33. The maximum Gasteiger partial charge on any atom is 0.313 e. The van der Waals surface area contributed by atoms with Gasteiger partial charge in [-0.1, -0.05) is 11.6 Å². The lowest BCUT2D eigenvalue weighted by Crippen LogP contribution is -2.52. The summed E-state index contributed by atoms with van der Waals surface area (Å²) < 4.78 is 0. The van der Waals surface area contributed by atoms with E-state index in [1.807, 2.05) is 6.92 Å². The van der Waals surface area contributed by atoms with E-state index in [-0.39, 0.29) is 6.61 Å². The van der Waals surface area contributed by atoms with Crippen molar-refractivity contribution in [2.24, 2.45) is 0 Å². The van der Waals surface area contributed by atoms with Crippen LogP contribution in [0.15, 0.2) is 18.2 Å². The molecule has 0 unspecified atom stereocenters. The Balaban J connectivity index is 1.91. The number of carbonyl (C=O) groups excluding carboxylic acids is 2. The largest absolute Gasteiger partial charge is 0.395 e. The van der Waals surface area contributed by atoms with E-state index in [1.165, 1.54) is 4.90 Å². The summed E-state index contributed by atoms with van der Waals surface area (Å²) in [5.74, 6) is -1.17. The van der Waals surface area contributed by atoms with E-state index < -0.39 is 11.8 Å². The highest BCUT2D eigenvalue weighted by molar-refractivity contribution is 6.39. The first-order valence-corrected chi connectivity index (χ1v) is 7.58. The number of aliphatic hydroxyl groups excluding tert-OH is 1. The molecular formula is C15H20ClN3O3. The second-order valence-corrected chi connectivity index (χ2v) is 5.71. The summed E-state index contributed by atoms with van der Waals surface area (Å²) in [4.78, 5) is 27.8. The van der Waals surface area contributed by atoms with Crippen molar-refractivity contribution < 1.29 is 14.7 Å². The molecule has 1 saturated heterocycles. The molecule has 6 nitrogen and oxygen atoms in total. The predicted octanol–water partition coefficient (Wildman–Crippen LogP) is 0.723. The second-order valence-electron chi connectivity index (χ2n) is 5.27. The quantitative estimate of drug-likeness (QED) is 0.803. The summed E-state index contributed by atoms with van der Waals surface area (Å²) in [6.07, 6.45) is 0. The molecule has 2 N–H and O–H groups in total. The van der Waals surface area contributed by atoms with Crippen LogP contribution in [0.1, 0.15) is 5.56 Å². The number of rotatable bonds is 3. The third-order valence-corrected chi connectivity index (χ3v) is 3.94. The minimum atomic E-state index is -0.638. The molecular weight excluding hydrogens is 306 g/mol. The molecule has 7 heteroatoms. The fourth-order valence-electron chi connectivity index (χ4n) is 2.40. The van der Waals surface area contributed by atoms with E-state index in [1.54, 1.807) is 18.2 Å². The van der Waals surface area contributed by atoms with E-state index >= 15 is 0 Å². The first kappa shape index (κ1) is 16.7. The van der Waals surface area contributed by atoms with Crippen LogP contribution in [0.3, 0.4) is 0 Å². The van der Waals surface area contributed by atoms with Crippen LogP contribution in [0.5, 0.6) is 0 Å². The van der Waals surface area contributed by atoms with Crippen molar-refractivity contribution >= 4 is 29.1 Å². The van der Waals surface area contributed by atoms with Gasteiger partial charge in [0, 0.05) is 43.4 Å². The molecule has 0 saturated carbocycles. The fourth-order valence-corrected chi connectivity index (χ4v) is 2.63. The van der Waals surface area contributed by atoms with Crippen molar-refractivity contribution in [1.29, 1.82) is 0 Å². The molecule has 0 atom stereocenters. The third kappa shape index (κ3) is 4.19. The van der Waals surface area contributed by atoms with Crippen LogP contribution in [-0.2, 0) is 9.59 Å². The van der Waals surface area contributed by atoms with Crippen molar-refractivity contribution in [1.82, 2.24) is 9.80 Å². The number of halogens is 1. The van der Waals surface area contributed by atoms with Gasteiger partial charge in [-0.15, -0.1) is 0 Å². The number of aliphatic hydroxyl groups is 1. The van der Waals surface area contributed by atoms with Gasteiger partial charge < -0.3 is 15.3 Å². The van der Waals surface area contributed by atoms with Crippen LogP contribution in [-0.4, -0.2) is 66.1 Å². The Morgan fingerprint density at radius 2 is 1.95 bits per heavy atom. The zero-order chi connectivity index (χ0) is 16.1. The Labute approximate surface area is 134 Å². The molecule has 120 valence electrons. The van der Waals surface area contributed by atoms with Crippen LogP contribution in [0, 0.1) is 6.92 Å². The normalized spacial score (nSPS) is 15.7. The highest BCUT2D eigenvalue weighted by Crippen LogP contribution is 2.19. The first-order valence-electron chi connectivity index (χ1n) is 7.21. The van der Waals surface area contributed by atoms with Gasteiger partial charge in [0.05, 0.1) is 6.61 Å². The SMILES string of the molecule is Cc1cc(Cl)ccc1NC(=O)C(=O)N1CCN(CCO)CC1. The molecule has 1 fully saturated rings. The van der Waals surface area contributed by atoms with Gasteiger partial charge in [-0.25, -0.2) is 0 Å². The smallest absolute Gasteiger partial charge is 0.313 e. The monoisotopic (exact) mass is 325 g/mol. The number of piperazine rings is 1. The number of nitrogens with zero attached hydrogens (tertiary/aromatic N) is 2. The van der Waals surface area contributed by atoms with Gasteiger partial charge in [-0.2, -0.15) is 0 Å². The number of β-amino-alcohol motifs (C(OH)–C–C–N with tert-alkyl or cyclic N) is 1. The number of carbonyl (C=O) groups is 2. The summed E-state index contributed by atoms with van der Waals surface area (Å²) in [6.45, 7) is 4.83. The number of amides is 2. The van der Waals surface area contributed by atoms with Crippen LogP contribution >= 0.6 is 11.6 Å². The fraction of sp³-hybridized carbons (Fsp3) is 0.467. The molecule has 1 heterocycles. The van der Waals surface area contributed by atoms with Gasteiger partial charge in [0.15, 0.2) is 0 Å². The highest BCUT2D eigenvalue weighted by Gasteiger charge is 2.26. The molecule has 2 amide bonds. The Hall–Kier alpha value is -1.63. The Morgan fingerprint density at radius 3 is 2.55 bits per heavy atom. The standard InChI is InChI=1S/C15H20ClN3O3/c1-11-10-12(16)2-3-13(11)17-14(21)15(22)19-6-4-18(5-7-19)8-9-20/h2-3,10,20H,4-9H2,1H3,(H,17,21). The van der Waals surface area contributed by atoms with E-state index in [9.17, 15) is 9.59 Å². The van der Waals surface area contributed by atoms with E-state index in [0.29, 0.717) is 43.4 Å². The van der Waals surface area contributed by atoms with Gasteiger partial charge in [0.1, 0.15) is 0 Å². The predicted molar refractivity (Wildman–Crippen MR) is 84.9 cm³/mol. The summed E-state index contributed by atoms with van der Waals surface area (Å²) in [6, 6.07) is 5.08. The van der Waals surface area contributed by atoms with Gasteiger partial charge in [0.2, 0.25) is 0 Å². The van der Waals surface area contributed by atoms with Crippen molar-refractivity contribution in [3.63, 3.8) is 0 Å². The number of nitrogens with one attached hydrogen (secondary N) is 1. The summed E-state index contributed by atoms with van der Waals surface area (Å²) in [5, 5.41) is 12.1. The van der Waals surface area contributed by atoms with Gasteiger partial charge in [-0.3, -0.25) is 14.5 Å². The second kappa shape index (κ2) is 7.58. The minimum Gasteiger partial charge on any atom is -0.395 e. The molecule has 2 rings (SSSR count). The summed E-state index contributed by atoms with van der Waals surface area (Å²) >= 11 is 5.87. The molecule has 0 aromatic heterocycles. The van der Waals surface area contributed by atoms with Crippen molar-refractivity contribution in [2.45, 2.75) is 6.92 Å². The maximum atomic E-state index is 12.2. The van der Waals surface area contributed by atoms with Crippen LogP contribution < -0.4 is 5.32 Å². The van der Waals surface area contributed by atoms with Crippen LogP contribution in [0.2, 0.25) is 5.02 Å². The lowest BCUT2D eigenvalue weighted by atomic mass is 10.2. The molecule has 1 aromatic rings. The lowest BCUT2D eigenvalue weighted by molar-refractivity contribution is -0.144. The summed E-state index contributed by atoms with van der Waals surface area (Å²) in [7, 11) is 0. The Kier molecular flexibility index (Phi) is 5.76. The molecule has 0 radical (unpaired) electrons. The van der Waals surface area contributed by atoms with E-state index in [2.05, 4.69) is 10.2 Å². The molecule has 1 aliphatic rings. The first-order chi connectivity index (χ1) is 10.5. The molecule has 1 aromatic carbocycles. The summed E-state index contributed by atoms with van der Waals surface area (Å²) in [5.41, 5.74) is 1.39. The topological polar surface area (TPSA) is 72.9 Å². The number of benzene rings is 1. The number of hydrogen-bond acceptors (Lipinski definition) is 4. The minimum absolute atomic E-state index is 0.101. The van der Waals surface area contributed by atoms with E-state index in [0.717, 1.165) is 5.56 Å². The number of aryl methyl sites for hydroxylation is 1. The molecule has 0 spiro atoms. The molecule has 22 heavy (non-hydrogen) atoms. The van der Waals surface area contributed by atoms with Gasteiger partial charge >= 0.3 is 11.8 Å². The molecule has 1 aliphatic heterocycles. The zero-order valence-electron chi connectivity index (χ0n) is 12.5. The van der Waals surface area contributed by atoms with Crippen LogP contribution in [0.4, 0.5) is 5.69 Å². The van der Waals surface area contributed by atoms with Crippen LogP contribution in [0.25, 0.3) is 0 Å². The average molecular weight is 326 g/mol. The average Bonchev–Trinajstić information content (AvgIpc) is 2.50. The molecule has 0 bridgehead atoms. The maximum absolute atomic E-state index is 12.2. The third-order valence-electron chi connectivity index (χ3n) is 3.71. The van der Waals surface area contributed by atoms with Crippen molar-refractivity contribution in [3.05, 3.63) is 28.8 Å². The number of anilines is 1. The van der Waals surface area contributed by atoms with E-state index in [4.69, 9.17) is 16.7 Å². The Bertz CT molecular complexity index is 557. The number of hydrogen-bond donors (Lipinski definition) is 2. The zero-order valence-corrected chi connectivity index (χ0v) is 13.3. The highest BCUT2D eigenvalue weighted by atomic mass is 35.5.